The highest BCUT2D eigenvalue weighted by atomic mass is 16.5. The highest BCUT2D eigenvalue weighted by molar-refractivity contribution is 5.78. The SMILES string of the molecule is O=C(O)C1CN(c2nc(-c3ccc(Oc4ccccc4)cc3)c(-c3cncnc3)o2)CCO1. The van der Waals surface area contributed by atoms with Crippen LogP contribution in [0, 0.1) is 0 Å². The van der Waals surface area contributed by atoms with Crippen LogP contribution in [0.1, 0.15) is 0 Å². The van der Waals surface area contributed by atoms with E-state index in [0.29, 0.717) is 35.3 Å². The van der Waals surface area contributed by atoms with Gasteiger partial charge in [-0.05, 0) is 36.4 Å². The van der Waals surface area contributed by atoms with Gasteiger partial charge in [-0.3, -0.25) is 0 Å². The molecule has 9 heteroatoms. The van der Waals surface area contributed by atoms with Gasteiger partial charge in [-0.2, -0.15) is 4.98 Å². The number of nitrogens with zero attached hydrogens (tertiary/aromatic N) is 4. The van der Waals surface area contributed by atoms with Crippen LogP contribution in [0.3, 0.4) is 0 Å². The zero-order valence-electron chi connectivity index (χ0n) is 17.5. The molecule has 1 aliphatic heterocycles. The van der Waals surface area contributed by atoms with Crippen LogP contribution >= 0.6 is 0 Å². The van der Waals surface area contributed by atoms with E-state index in [9.17, 15) is 9.90 Å². The molecule has 1 unspecified atom stereocenters. The van der Waals surface area contributed by atoms with Crippen molar-refractivity contribution in [2.45, 2.75) is 6.10 Å². The number of para-hydroxylation sites is 1. The van der Waals surface area contributed by atoms with Gasteiger partial charge >= 0.3 is 5.97 Å². The van der Waals surface area contributed by atoms with Gasteiger partial charge in [0.1, 0.15) is 23.5 Å². The maximum atomic E-state index is 11.4. The molecule has 4 aromatic rings. The van der Waals surface area contributed by atoms with Gasteiger partial charge in [0.15, 0.2) is 11.9 Å². The zero-order valence-corrected chi connectivity index (χ0v) is 17.5. The van der Waals surface area contributed by atoms with E-state index in [0.717, 1.165) is 11.3 Å². The summed E-state index contributed by atoms with van der Waals surface area (Å²) in [6, 6.07) is 17.4. The van der Waals surface area contributed by atoms with E-state index in [1.54, 1.807) is 17.3 Å². The summed E-state index contributed by atoms with van der Waals surface area (Å²) >= 11 is 0. The van der Waals surface area contributed by atoms with E-state index in [1.165, 1.54) is 6.33 Å². The third kappa shape index (κ3) is 4.53. The molecule has 5 rings (SSSR count). The third-order valence-corrected chi connectivity index (χ3v) is 5.16. The average molecular weight is 444 g/mol. The number of anilines is 1. The predicted octanol–water partition coefficient (Wildman–Crippen LogP) is 3.88. The monoisotopic (exact) mass is 444 g/mol. The zero-order chi connectivity index (χ0) is 22.6. The number of hydrogen-bond acceptors (Lipinski definition) is 8. The molecule has 0 saturated carbocycles. The number of carbonyl (C=O) groups is 1. The molecule has 2 aromatic carbocycles. The number of carboxylic acids is 1. The van der Waals surface area contributed by atoms with Crippen molar-refractivity contribution in [3.8, 4) is 34.1 Å². The summed E-state index contributed by atoms with van der Waals surface area (Å²) in [5.41, 5.74) is 2.08. The number of oxazole rings is 1. The number of benzene rings is 2. The predicted molar refractivity (Wildman–Crippen MR) is 119 cm³/mol. The molecule has 2 aromatic heterocycles. The molecular weight excluding hydrogens is 424 g/mol. The lowest BCUT2D eigenvalue weighted by Crippen LogP contribution is -2.46. The van der Waals surface area contributed by atoms with Crippen LogP contribution in [-0.4, -0.2) is 51.8 Å². The second-order valence-corrected chi connectivity index (χ2v) is 7.38. The number of rotatable bonds is 6. The molecule has 0 amide bonds. The molecule has 0 spiro atoms. The van der Waals surface area contributed by atoms with Gasteiger partial charge in [0, 0.05) is 24.5 Å². The summed E-state index contributed by atoms with van der Waals surface area (Å²) in [6.45, 7) is 0.881. The van der Waals surface area contributed by atoms with Crippen LogP contribution in [-0.2, 0) is 9.53 Å². The molecule has 1 N–H and O–H groups in total. The Kier molecular flexibility index (Phi) is 5.69. The van der Waals surface area contributed by atoms with Gasteiger partial charge < -0.3 is 23.9 Å². The minimum atomic E-state index is -1.02. The van der Waals surface area contributed by atoms with Crippen molar-refractivity contribution in [1.29, 1.82) is 0 Å². The fourth-order valence-electron chi connectivity index (χ4n) is 3.53. The van der Waals surface area contributed by atoms with E-state index >= 15 is 0 Å². The molecule has 1 atom stereocenters. The number of aliphatic carboxylic acids is 1. The summed E-state index contributed by atoms with van der Waals surface area (Å²) in [6.07, 6.45) is 3.79. The second kappa shape index (κ2) is 9.09. The fraction of sp³-hybridized carbons (Fsp3) is 0.167. The van der Waals surface area contributed by atoms with Crippen molar-refractivity contribution in [3.63, 3.8) is 0 Å². The van der Waals surface area contributed by atoms with E-state index in [4.69, 9.17) is 18.9 Å². The Morgan fingerprint density at radius 2 is 1.73 bits per heavy atom. The molecular formula is C24H20N4O5. The average Bonchev–Trinajstić information content (AvgIpc) is 3.31. The molecule has 9 nitrogen and oxygen atoms in total. The summed E-state index contributed by atoms with van der Waals surface area (Å²) in [4.78, 5) is 26.0. The molecule has 1 aliphatic rings. The molecule has 1 saturated heterocycles. The van der Waals surface area contributed by atoms with E-state index < -0.39 is 12.1 Å². The Morgan fingerprint density at radius 3 is 2.45 bits per heavy atom. The molecule has 0 radical (unpaired) electrons. The van der Waals surface area contributed by atoms with Crippen LogP contribution in [0.15, 0.2) is 77.7 Å². The van der Waals surface area contributed by atoms with Crippen molar-refractivity contribution in [2.75, 3.05) is 24.6 Å². The lowest BCUT2D eigenvalue weighted by Gasteiger charge is -2.29. The number of hydrogen-bond donors (Lipinski definition) is 1. The van der Waals surface area contributed by atoms with Crippen LogP contribution in [0.4, 0.5) is 6.01 Å². The summed E-state index contributed by atoms with van der Waals surface area (Å²) in [5.74, 6) is 0.921. The molecule has 0 bridgehead atoms. The van der Waals surface area contributed by atoms with Gasteiger partial charge in [-0.1, -0.05) is 18.2 Å². The molecule has 3 heterocycles. The maximum Gasteiger partial charge on any atom is 0.334 e. The first-order chi connectivity index (χ1) is 16.2. The number of ether oxygens (including phenoxy) is 2. The van der Waals surface area contributed by atoms with Gasteiger partial charge in [-0.25, -0.2) is 14.8 Å². The Balaban J connectivity index is 1.47. The summed E-state index contributed by atoms with van der Waals surface area (Å²) in [7, 11) is 0. The molecule has 0 aliphatic carbocycles. The van der Waals surface area contributed by atoms with Crippen molar-refractivity contribution in [3.05, 3.63) is 73.3 Å². The van der Waals surface area contributed by atoms with Crippen LogP contribution < -0.4 is 9.64 Å². The first-order valence-corrected chi connectivity index (χ1v) is 10.4. The minimum Gasteiger partial charge on any atom is -0.479 e. The molecule has 166 valence electrons. The Hall–Kier alpha value is -4.24. The minimum absolute atomic E-state index is 0.143. The first kappa shape index (κ1) is 20.7. The fourth-order valence-corrected chi connectivity index (χ4v) is 3.53. The van der Waals surface area contributed by atoms with Crippen LogP contribution in [0.2, 0.25) is 0 Å². The Labute approximate surface area is 189 Å². The van der Waals surface area contributed by atoms with Gasteiger partial charge in [0.25, 0.3) is 6.01 Å². The van der Waals surface area contributed by atoms with Gasteiger partial charge in [-0.15, -0.1) is 0 Å². The van der Waals surface area contributed by atoms with Crippen LogP contribution in [0.25, 0.3) is 22.6 Å². The van der Waals surface area contributed by atoms with Crippen molar-refractivity contribution in [2.24, 2.45) is 0 Å². The van der Waals surface area contributed by atoms with Gasteiger partial charge in [0.2, 0.25) is 0 Å². The number of aromatic nitrogens is 3. The maximum absolute atomic E-state index is 11.4. The standard InChI is InChI=1S/C24H20N4O5/c29-23(30)20-14-28(10-11-31-20)24-27-21(22(33-24)17-12-25-15-26-13-17)16-6-8-19(9-7-16)32-18-4-2-1-3-5-18/h1-9,12-13,15,20H,10-11,14H2,(H,29,30). The van der Waals surface area contributed by atoms with Crippen molar-refractivity contribution >= 4 is 12.0 Å². The number of morpholine rings is 1. The lowest BCUT2D eigenvalue weighted by atomic mass is 10.1. The lowest BCUT2D eigenvalue weighted by molar-refractivity contribution is -0.150. The topological polar surface area (TPSA) is 111 Å². The Morgan fingerprint density at radius 1 is 1.00 bits per heavy atom. The van der Waals surface area contributed by atoms with Crippen molar-refractivity contribution in [1.82, 2.24) is 15.0 Å². The van der Waals surface area contributed by atoms with Crippen molar-refractivity contribution < 1.29 is 23.8 Å². The molecule has 1 fully saturated rings. The summed E-state index contributed by atoms with van der Waals surface area (Å²) in [5, 5.41) is 9.32. The van der Waals surface area contributed by atoms with E-state index in [2.05, 4.69) is 9.97 Å². The van der Waals surface area contributed by atoms with Crippen LogP contribution in [0.5, 0.6) is 11.5 Å². The summed E-state index contributed by atoms with van der Waals surface area (Å²) < 4.78 is 17.3. The van der Waals surface area contributed by atoms with E-state index in [-0.39, 0.29) is 13.2 Å². The third-order valence-electron chi connectivity index (χ3n) is 5.16. The highest BCUT2D eigenvalue weighted by Gasteiger charge is 2.30. The number of carboxylic acid groups (broad SMARTS) is 1. The quantitative estimate of drug-likeness (QED) is 0.473. The largest absolute Gasteiger partial charge is 0.479 e. The van der Waals surface area contributed by atoms with E-state index in [1.807, 2.05) is 54.6 Å². The molecule has 33 heavy (non-hydrogen) atoms. The van der Waals surface area contributed by atoms with Gasteiger partial charge in [0.05, 0.1) is 18.7 Å². The smallest absolute Gasteiger partial charge is 0.334 e. The normalized spacial score (nSPS) is 15.9. The first-order valence-electron chi connectivity index (χ1n) is 10.4. The Bertz CT molecular complexity index is 1230. The second-order valence-electron chi connectivity index (χ2n) is 7.38. The highest BCUT2D eigenvalue weighted by Crippen LogP contribution is 2.36.